The second kappa shape index (κ2) is 7.79. The van der Waals surface area contributed by atoms with Crippen molar-refractivity contribution in [2.75, 3.05) is 0 Å². The fraction of sp³-hybridized carbons (Fsp3) is 0.133. The zero-order valence-electron chi connectivity index (χ0n) is 11.7. The van der Waals surface area contributed by atoms with E-state index in [0.29, 0.717) is 0 Å². The van der Waals surface area contributed by atoms with Gasteiger partial charge in [-0.2, -0.15) is 0 Å². The van der Waals surface area contributed by atoms with E-state index in [1.54, 1.807) is 0 Å². The third-order valence-electron chi connectivity index (χ3n) is 2.85. The van der Waals surface area contributed by atoms with Gasteiger partial charge in [-0.05, 0) is 29.2 Å². The van der Waals surface area contributed by atoms with Gasteiger partial charge >= 0.3 is 0 Å². The van der Waals surface area contributed by atoms with Gasteiger partial charge in [0, 0.05) is 4.88 Å². The minimum atomic E-state index is -0.368. The van der Waals surface area contributed by atoms with Crippen molar-refractivity contribution in [2.24, 2.45) is 5.84 Å². The number of nitrogens with two attached hydrogens (primary N) is 1. The Hall–Kier alpha value is -2.09. The van der Waals surface area contributed by atoms with E-state index in [1.165, 1.54) is 11.3 Å². The lowest BCUT2D eigenvalue weighted by molar-refractivity contribution is -0.126. The molecule has 1 aromatic carbocycles. The predicted octanol–water partition coefficient (Wildman–Crippen LogP) is 1.64. The van der Waals surface area contributed by atoms with Gasteiger partial charge in [0.15, 0.2) is 5.11 Å². The summed E-state index contributed by atoms with van der Waals surface area (Å²) in [4.78, 5) is 24.7. The Kier molecular flexibility index (Phi) is 5.76. The number of thiocarbonyl (C=S) groups is 1. The fourth-order valence-electron chi connectivity index (χ4n) is 1.77. The summed E-state index contributed by atoms with van der Waals surface area (Å²) in [6, 6.07) is 12.9. The quantitative estimate of drug-likeness (QED) is 0.386. The highest BCUT2D eigenvalue weighted by atomic mass is 32.1. The number of nitrogens with zero attached hydrogens (tertiary/aromatic N) is 1. The molecule has 1 aromatic heterocycles. The lowest BCUT2D eigenvalue weighted by atomic mass is 10.1. The van der Waals surface area contributed by atoms with Gasteiger partial charge in [-0.25, -0.2) is 10.9 Å². The van der Waals surface area contributed by atoms with Crippen molar-refractivity contribution in [1.82, 2.24) is 10.3 Å². The molecule has 3 N–H and O–H groups in total. The van der Waals surface area contributed by atoms with Crippen molar-refractivity contribution in [3.8, 4) is 0 Å². The molecule has 0 radical (unpaired) electrons. The zero-order valence-corrected chi connectivity index (χ0v) is 13.3. The maximum atomic E-state index is 12.0. The molecule has 1 heterocycles. The van der Waals surface area contributed by atoms with Crippen molar-refractivity contribution in [2.45, 2.75) is 12.8 Å². The number of carbonyl (C=O) groups excluding carboxylic acids is 2. The highest BCUT2D eigenvalue weighted by molar-refractivity contribution is 7.80. The lowest BCUT2D eigenvalue weighted by Gasteiger charge is -2.17. The topological polar surface area (TPSA) is 75.4 Å². The van der Waals surface area contributed by atoms with Gasteiger partial charge in [-0.15, -0.1) is 11.3 Å². The Balaban J connectivity index is 1.85. The minimum Gasteiger partial charge on any atom is -0.301 e. The van der Waals surface area contributed by atoms with Crippen LogP contribution in [-0.2, 0) is 22.4 Å². The normalized spacial score (nSPS) is 10.0. The summed E-state index contributed by atoms with van der Waals surface area (Å²) in [5.74, 6) is 4.97. The predicted molar refractivity (Wildman–Crippen MR) is 89.9 cm³/mol. The molecule has 114 valence electrons. The monoisotopic (exact) mass is 333 g/mol. The van der Waals surface area contributed by atoms with Crippen molar-refractivity contribution in [3.05, 3.63) is 58.3 Å². The Morgan fingerprint density at radius 1 is 1.14 bits per heavy atom. The first kappa shape index (κ1) is 16.3. The summed E-state index contributed by atoms with van der Waals surface area (Å²) < 4.78 is 0. The Morgan fingerprint density at radius 3 is 2.50 bits per heavy atom. The van der Waals surface area contributed by atoms with Gasteiger partial charge in [0.2, 0.25) is 11.8 Å². The molecular formula is C15H15N3O2S2. The first-order valence-electron chi connectivity index (χ1n) is 6.54. The Bertz CT molecular complexity index is 657. The zero-order chi connectivity index (χ0) is 15.9. The van der Waals surface area contributed by atoms with E-state index in [4.69, 9.17) is 18.1 Å². The number of carbonyl (C=O) groups is 2. The first-order valence-corrected chi connectivity index (χ1v) is 7.83. The summed E-state index contributed by atoms with van der Waals surface area (Å²) in [7, 11) is 0. The van der Waals surface area contributed by atoms with Crippen LogP contribution in [0.3, 0.4) is 0 Å². The SMILES string of the molecule is NN(C(=O)Cc1cccs1)C(=S)NC(=O)Cc1ccccc1. The van der Waals surface area contributed by atoms with Crippen LogP contribution in [0.25, 0.3) is 0 Å². The van der Waals surface area contributed by atoms with Crippen LogP contribution < -0.4 is 11.2 Å². The number of thiophene rings is 1. The van der Waals surface area contributed by atoms with Crippen molar-refractivity contribution < 1.29 is 9.59 Å². The van der Waals surface area contributed by atoms with Crippen LogP contribution >= 0.6 is 23.6 Å². The standard InChI is InChI=1S/C15H15N3O2S2/c16-18(14(20)10-12-7-4-8-22-12)15(21)17-13(19)9-11-5-2-1-3-6-11/h1-8H,9-10,16H2,(H,17,19,21). The van der Waals surface area contributed by atoms with E-state index in [1.807, 2.05) is 47.8 Å². The maximum Gasteiger partial charge on any atom is 0.248 e. The molecule has 2 rings (SSSR count). The van der Waals surface area contributed by atoms with Gasteiger partial charge in [0.1, 0.15) is 0 Å². The second-order valence-corrected chi connectivity index (χ2v) is 5.95. The molecule has 0 spiro atoms. The number of hydrogen-bond donors (Lipinski definition) is 2. The largest absolute Gasteiger partial charge is 0.301 e. The number of hydrogen-bond acceptors (Lipinski definition) is 5. The third kappa shape index (κ3) is 4.73. The molecule has 5 nitrogen and oxygen atoms in total. The average Bonchev–Trinajstić information content (AvgIpc) is 3.00. The van der Waals surface area contributed by atoms with Crippen LogP contribution in [0.15, 0.2) is 47.8 Å². The number of amides is 2. The molecule has 0 aliphatic heterocycles. The van der Waals surface area contributed by atoms with Crippen LogP contribution in [0.5, 0.6) is 0 Å². The maximum absolute atomic E-state index is 12.0. The van der Waals surface area contributed by atoms with Gasteiger partial charge in [-0.1, -0.05) is 36.4 Å². The first-order chi connectivity index (χ1) is 10.6. The van der Waals surface area contributed by atoms with Crippen molar-refractivity contribution in [3.63, 3.8) is 0 Å². The second-order valence-electron chi connectivity index (χ2n) is 4.54. The highest BCUT2D eigenvalue weighted by Crippen LogP contribution is 2.10. The summed E-state index contributed by atoms with van der Waals surface area (Å²) in [6.07, 6.45) is 0.330. The number of benzene rings is 1. The molecule has 22 heavy (non-hydrogen) atoms. The molecular weight excluding hydrogens is 318 g/mol. The van der Waals surface area contributed by atoms with E-state index in [2.05, 4.69) is 5.32 Å². The Labute approximate surface area is 137 Å². The van der Waals surface area contributed by atoms with Gasteiger partial charge in [0.05, 0.1) is 12.8 Å². The Morgan fingerprint density at radius 2 is 1.86 bits per heavy atom. The lowest BCUT2D eigenvalue weighted by Crippen LogP contribution is -2.50. The van der Waals surface area contributed by atoms with E-state index >= 15 is 0 Å². The average molecular weight is 333 g/mol. The molecule has 0 bridgehead atoms. The van der Waals surface area contributed by atoms with E-state index < -0.39 is 0 Å². The third-order valence-corrected chi connectivity index (χ3v) is 4.02. The summed E-state index contributed by atoms with van der Waals surface area (Å²) in [6.45, 7) is 0. The van der Waals surface area contributed by atoms with E-state index in [-0.39, 0.29) is 29.8 Å². The highest BCUT2D eigenvalue weighted by Gasteiger charge is 2.17. The number of hydrazine groups is 1. The summed E-state index contributed by atoms with van der Waals surface area (Å²) >= 11 is 6.46. The number of nitrogens with one attached hydrogen (secondary N) is 1. The summed E-state index contributed by atoms with van der Waals surface area (Å²) in [5, 5.41) is 5.05. The number of rotatable bonds is 4. The molecule has 2 amide bonds. The van der Waals surface area contributed by atoms with Gasteiger partial charge < -0.3 is 5.32 Å². The molecule has 0 unspecified atom stereocenters. The van der Waals surface area contributed by atoms with Gasteiger partial charge in [0.25, 0.3) is 0 Å². The summed E-state index contributed by atoms with van der Waals surface area (Å²) in [5.41, 5.74) is 0.858. The van der Waals surface area contributed by atoms with Crippen LogP contribution in [-0.4, -0.2) is 21.9 Å². The molecule has 0 saturated carbocycles. The van der Waals surface area contributed by atoms with Crippen LogP contribution in [0.2, 0.25) is 0 Å². The van der Waals surface area contributed by atoms with Gasteiger partial charge in [-0.3, -0.25) is 9.59 Å². The smallest absolute Gasteiger partial charge is 0.248 e. The molecule has 0 atom stereocenters. The molecule has 0 aliphatic rings. The molecule has 0 saturated heterocycles. The van der Waals surface area contributed by atoms with E-state index in [0.717, 1.165) is 15.4 Å². The van der Waals surface area contributed by atoms with Crippen molar-refractivity contribution in [1.29, 1.82) is 0 Å². The molecule has 0 aliphatic carbocycles. The van der Waals surface area contributed by atoms with E-state index in [9.17, 15) is 9.59 Å². The van der Waals surface area contributed by atoms with Crippen LogP contribution in [0, 0.1) is 0 Å². The van der Waals surface area contributed by atoms with Crippen LogP contribution in [0.1, 0.15) is 10.4 Å². The molecule has 7 heteroatoms. The fourth-order valence-corrected chi connectivity index (χ4v) is 2.68. The molecule has 0 fully saturated rings. The van der Waals surface area contributed by atoms with Crippen molar-refractivity contribution >= 4 is 40.5 Å². The molecule has 2 aromatic rings. The van der Waals surface area contributed by atoms with Crippen LogP contribution in [0.4, 0.5) is 0 Å². The minimum absolute atomic E-state index is 0.0949.